The van der Waals surface area contributed by atoms with Gasteiger partial charge in [-0.15, -0.1) is 0 Å². The van der Waals surface area contributed by atoms with Gasteiger partial charge in [-0.05, 0) is 25.7 Å². The molecule has 0 aromatic carbocycles. The van der Waals surface area contributed by atoms with Crippen molar-refractivity contribution in [2.45, 2.75) is 65.8 Å². The molecule has 0 aromatic heterocycles. The van der Waals surface area contributed by atoms with Crippen molar-refractivity contribution in [2.24, 2.45) is 5.92 Å². The minimum absolute atomic E-state index is 0.0466. The van der Waals surface area contributed by atoms with Gasteiger partial charge in [-0.2, -0.15) is 0 Å². The van der Waals surface area contributed by atoms with Crippen molar-refractivity contribution >= 4 is 11.8 Å². The molecule has 2 atom stereocenters. The SMILES string of the molecule is CCCC[C@H](CC)CNC(=O)C(=O)N[C@@H](C)CC. The van der Waals surface area contributed by atoms with Crippen LogP contribution in [-0.2, 0) is 9.59 Å². The lowest BCUT2D eigenvalue weighted by molar-refractivity contribution is -0.139. The molecule has 0 aliphatic carbocycles. The van der Waals surface area contributed by atoms with Crippen LogP contribution >= 0.6 is 0 Å². The molecule has 4 nitrogen and oxygen atoms in total. The second-order valence-corrected chi connectivity index (χ2v) is 4.91. The Morgan fingerprint density at radius 3 is 2.22 bits per heavy atom. The van der Waals surface area contributed by atoms with Gasteiger partial charge >= 0.3 is 11.8 Å². The van der Waals surface area contributed by atoms with Crippen molar-refractivity contribution in [3.8, 4) is 0 Å². The summed E-state index contributed by atoms with van der Waals surface area (Å²) in [5.74, 6) is -0.551. The van der Waals surface area contributed by atoms with Gasteiger partial charge in [-0.1, -0.05) is 40.0 Å². The summed E-state index contributed by atoms with van der Waals surface area (Å²) in [6.45, 7) is 8.74. The molecule has 0 spiro atoms. The van der Waals surface area contributed by atoms with Crippen LogP contribution < -0.4 is 10.6 Å². The number of nitrogens with one attached hydrogen (secondary N) is 2. The van der Waals surface area contributed by atoms with Crippen LogP contribution in [0.1, 0.15) is 59.8 Å². The maximum Gasteiger partial charge on any atom is 0.309 e. The first-order valence-electron chi connectivity index (χ1n) is 7.13. The van der Waals surface area contributed by atoms with Crippen LogP contribution in [0, 0.1) is 5.92 Å². The van der Waals surface area contributed by atoms with Crippen molar-refractivity contribution in [3.05, 3.63) is 0 Å². The third-order valence-electron chi connectivity index (χ3n) is 3.29. The number of hydrogen-bond acceptors (Lipinski definition) is 2. The van der Waals surface area contributed by atoms with Crippen molar-refractivity contribution < 1.29 is 9.59 Å². The maximum absolute atomic E-state index is 11.6. The Morgan fingerprint density at radius 1 is 1.06 bits per heavy atom. The van der Waals surface area contributed by atoms with Gasteiger partial charge in [0.2, 0.25) is 0 Å². The molecule has 2 N–H and O–H groups in total. The summed E-state index contributed by atoms with van der Waals surface area (Å²) in [5.41, 5.74) is 0. The van der Waals surface area contributed by atoms with Crippen LogP contribution in [0.25, 0.3) is 0 Å². The lowest BCUT2D eigenvalue weighted by Crippen LogP contribution is -2.44. The highest BCUT2D eigenvalue weighted by atomic mass is 16.2. The summed E-state index contributed by atoms with van der Waals surface area (Å²) in [5, 5.41) is 5.38. The molecule has 0 aliphatic heterocycles. The molecule has 0 heterocycles. The second-order valence-electron chi connectivity index (χ2n) is 4.91. The zero-order chi connectivity index (χ0) is 14.0. The molecule has 0 saturated carbocycles. The number of carbonyl (C=O) groups is 2. The van der Waals surface area contributed by atoms with Crippen molar-refractivity contribution in [2.75, 3.05) is 6.54 Å². The first-order valence-corrected chi connectivity index (χ1v) is 7.13. The van der Waals surface area contributed by atoms with Crippen LogP contribution in [0.2, 0.25) is 0 Å². The molecule has 4 heteroatoms. The Balaban J connectivity index is 3.95. The summed E-state index contributed by atoms with van der Waals surface area (Å²) in [6, 6.07) is 0.0466. The molecule has 0 fully saturated rings. The lowest BCUT2D eigenvalue weighted by atomic mass is 9.99. The second kappa shape index (κ2) is 9.92. The Labute approximate surface area is 111 Å². The molecule has 0 radical (unpaired) electrons. The zero-order valence-electron chi connectivity index (χ0n) is 12.2. The molecular formula is C14H28N2O2. The molecule has 0 bridgehead atoms. The maximum atomic E-state index is 11.6. The van der Waals surface area contributed by atoms with E-state index in [0.717, 1.165) is 19.3 Å². The standard InChI is InChI=1S/C14H28N2O2/c1-5-8-9-12(7-3)10-15-13(17)14(18)16-11(4)6-2/h11-12H,5-10H2,1-4H3,(H,15,17)(H,16,18)/t11-,12-/m0/s1. The van der Waals surface area contributed by atoms with Gasteiger partial charge < -0.3 is 10.6 Å². The van der Waals surface area contributed by atoms with Crippen molar-refractivity contribution in [3.63, 3.8) is 0 Å². The molecule has 0 aliphatic rings. The number of rotatable bonds is 8. The monoisotopic (exact) mass is 256 g/mol. The lowest BCUT2D eigenvalue weighted by Gasteiger charge is -2.16. The predicted octanol–water partition coefficient (Wildman–Crippen LogP) is 2.23. The van der Waals surface area contributed by atoms with E-state index in [2.05, 4.69) is 24.5 Å². The predicted molar refractivity (Wildman–Crippen MR) is 74.2 cm³/mol. The molecule has 0 rings (SSSR count). The smallest absolute Gasteiger partial charge is 0.309 e. The van der Waals surface area contributed by atoms with E-state index in [0.29, 0.717) is 12.5 Å². The van der Waals surface area contributed by atoms with Crippen molar-refractivity contribution in [1.29, 1.82) is 0 Å². The molecule has 106 valence electrons. The van der Waals surface area contributed by atoms with Crippen LogP contribution in [0.4, 0.5) is 0 Å². The van der Waals surface area contributed by atoms with Crippen LogP contribution in [0.3, 0.4) is 0 Å². The van der Waals surface area contributed by atoms with E-state index >= 15 is 0 Å². The topological polar surface area (TPSA) is 58.2 Å². The van der Waals surface area contributed by atoms with Crippen LogP contribution in [-0.4, -0.2) is 24.4 Å². The normalized spacial score (nSPS) is 13.8. The fourth-order valence-electron chi connectivity index (χ4n) is 1.65. The Kier molecular flexibility index (Phi) is 9.33. The summed E-state index contributed by atoms with van der Waals surface area (Å²) < 4.78 is 0. The van der Waals surface area contributed by atoms with E-state index in [4.69, 9.17) is 0 Å². The number of amides is 2. The molecule has 0 aromatic rings. The third-order valence-corrected chi connectivity index (χ3v) is 3.29. The highest BCUT2D eigenvalue weighted by Crippen LogP contribution is 2.10. The summed E-state index contributed by atoms with van der Waals surface area (Å²) in [4.78, 5) is 23.1. The number of carbonyl (C=O) groups excluding carboxylic acids is 2. The molecule has 0 unspecified atom stereocenters. The Bertz CT molecular complexity index is 254. The van der Waals surface area contributed by atoms with E-state index in [1.54, 1.807) is 0 Å². The van der Waals surface area contributed by atoms with E-state index < -0.39 is 11.8 Å². The molecular weight excluding hydrogens is 228 g/mol. The first kappa shape index (κ1) is 16.9. The largest absolute Gasteiger partial charge is 0.348 e. The van der Waals surface area contributed by atoms with Crippen LogP contribution in [0.5, 0.6) is 0 Å². The fourth-order valence-corrected chi connectivity index (χ4v) is 1.65. The van der Waals surface area contributed by atoms with Crippen molar-refractivity contribution in [1.82, 2.24) is 10.6 Å². The highest BCUT2D eigenvalue weighted by Gasteiger charge is 2.16. The zero-order valence-corrected chi connectivity index (χ0v) is 12.2. The van der Waals surface area contributed by atoms with Gasteiger partial charge in [0, 0.05) is 12.6 Å². The van der Waals surface area contributed by atoms with Gasteiger partial charge in [0.05, 0.1) is 0 Å². The Hall–Kier alpha value is -1.06. The van der Waals surface area contributed by atoms with Gasteiger partial charge in [-0.3, -0.25) is 9.59 Å². The molecule has 0 saturated heterocycles. The average Bonchev–Trinajstić information content (AvgIpc) is 2.38. The summed E-state index contributed by atoms with van der Waals surface area (Å²) in [7, 11) is 0. The van der Waals surface area contributed by atoms with Gasteiger partial charge in [0.25, 0.3) is 0 Å². The highest BCUT2D eigenvalue weighted by molar-refractivity contribution is 6.35. The fraction of sp³-hybridized carbons (Fsp3) is 0.857. The molecule has 18 heavy (non-hydrogen) atoms. The van der Waals surface area contributed by atoms with E-state index in [-0.39, 0.29) is 6.04 Å². The molecule has 2 amide bonds. The first-order chi connectivity index (χ1) is 8.54. The third kappa shape index (κ3) is 7.30. The summed E-state index contributed by atoms with van der Waals surface area (Å²) >= 11 is 0. The van der Waals surface area contributed by atoms with E-state index in [1.807, 2.05) is 13.8 Å². The van der Waals surface area contributed by atoms with Gasteiger partial charge in [0.15, 0.2) is 0 Å². The number of hydrogen-bond donors (Lipinski definition) is 2. The van der Waals surface area contributed by atoms with Crippen LogP contribution in [0.15, 0.2) is 0 Å². The average molecular weight is 256 g/mol. The van der Waals surface area contributed by atoms with E-state index in [9.17, 15) is 9.59 Å². The summed E-state index contributed by atoms with van der Waals surface area (Å²) in [6.07, 6.45) is 5.31. The number of unbranched alkanes of at least 4 members (excludes halogenated alkanes) is 1. The quantitative estimate of drug-likeness (QED) is 0.654. The van der Waals surface area contributed by atoms with Gasteiger partial charge in [0.1, 0.15) is 0 Å². The Morgan fingerprint density at radius 2 is 1.72 bits per heavy atom. The van der Waals surface area contributed by atoms with Gasteiger partial charge in [-0.25, -0.2) is 0 Å². The minimum Gasteiger partial charge on any atom is -0.348 e. The minimum atomic E-state index is -0.519. The van der Waals surface area contributed by atoms with E-state index in [1.165, 1.54) is 12.8 Å².